The topological polar surface area (TPSA) is 69.7 Å². The standard InChI is InChI=1S/C19H27N3O3/c1-14(23)4-9-18(24)20-16-10-12-22(13-11-16)19(25)15-5-7-17(8-6-15)21(2)3/h5-8,16H,4,9-13H2,1-3H3,(H,20,24). The maximum Gasteiger partial charge on any atom is 0.253 e. The van der Waals surface area contributed by atoms with Gasteiger partial charge in [-0.15, -0.1) is 0 Å². The van der Waals surface area contributed by atoms with Crippen molar-refractivity contribution in [2.24, 2.45) is 0 Å². The van der Waals surface area contributed by atoms with Crippen molar-refractivity contribution < 1.29 is 14.4 Å². The molecule has 0 radical (unpaired) electrons. The molecule has 2 amide bonds. The van der Waals surface area contributed by atoms with Gasteiger partial charge in [0.2, 0.25) is 5.91 Å². The zero-order valence-corrected chi connectivity index (χ0v) is 15.2. The number of carbonyl (C=O) groups is 3. The highest BCUT2D eigenvalue weighted by Crippen LogP contribution is 2.17. The molecule has 6 heteroatoms. The molecule has 1 heterocycles. The molecule has 0 aliphatic carbocycles. The van der Waals surface area contributed by atoms with Gasteiger partial charge in [-0.05, 0) is 44.0 Å². The van der Waals surface area contributed by atoms with E-state index in [1.165, 1.54) is 6.92 Å². The minimum absolute atomic E-state index is 0.0239. The summed E-state index contributed by atoms with van der Waals surface area (Å²) in [5.41, 5.74) is 1.75. The summed E-state index contributed by atoms with van der Waals surface area (Å²) in [5, 5.41) is 2.96. The number of amides is 2. The van der Waals surface area contributed by atoms with Crippen LogP contribution in [0, 0.1) is 0 Å². The number of likely N-dealkylation sites (tertiary alicyclic amines) is 1. The normalized spacial score (nSPS) is 14.9. The van der Waals surface area contributed by atoms with Crippen molar-refractivity contribution in [1.82, 2.24) is 10.2 Å². The number of benzene rings is 1. The van der Waals surface area contributed by atoms with E-state index in [4.69, 9.17) is 0 Å². The molecule has 1 fully saturated rings. The molecule has 2 rings (SSSR count). The first kappa shape index (κ1) is 19.0. The number of nitrogens with zero attached hydrogens (tertiary/aromatic N) is 2. The third-order valence-electron chi connectivity index (χ3n) is 4.48. The van der Waals surface area contributed by atoms with Crippen LogP contribution in [-0.2, 0) is 9.59 Å². The van der Waals surface area contributed by atoms with Crippen LogP contribution in [0.15, 0.2) is 24.3 Å². The highest BCUT2D eigenvalue weighted by atomic mass is 16.2. The Kier molecular flexibility index (Phi) is 6.56. The summed E-state index contributed by atoms with van der Waals surface area (Å²) in [6.07, 6.45) is 2.01. The largest absolute Gasteiger partial charge is 0.378 e. The van der Waals surface area contributed by atoms with E-state index in [9.17, 15) is 14.4 Å². The lowest BCUT2D eigenvalue weighted by atomic mass is 10.0. The summed E-state index contributed by atoms with van der Waals surface area (Å²) >= 11 is 0. The summed E-state index contributed by atoms with van der Waals surface area (Å²) in [6, 6.07) is 7.67. The third kappa shape index (κ3) is 5.59. The zero-order chi connectivity index (χ0) is 18.4. The molecule has 25 heavy (non-hydrogen) atoms. The average Bonchev–Trinajstić information content (AvgIpc) is 2.60. The van der Waals surface area contributed by atoms with E-state index in [1.54, 1.807) is 0 Å². The van der Waals surface area contributed by atoms with E-state index in [2.05, 4.69) is 5.32 Å². The van der Waals surface area contributed by atoms with Crippen molar-refractivity contribution in [3.05, 3.63) is 29.8 Å². The average molecular weight is 345 g/mol. The summed E-state index contributed by atoms with van der Waals surface area (Å²) in [6.45, 7) is 2.75. The molecule has 1 aliphatic rings. The minimum atomic E-state index is -0.0840. The van der Waals surface area contributed by atoms with Crippen molar-refractivity contribution >= 4 is 23.3 Å². The van der Waals surface area contributed by atoms with Gasteiger partial charge in [-0.25, -0.2) is 0 Å². The van der Waals surface area contributed by atoms with Gasteiger partial charge in [0.15, 0.2) is 0 Å². The summed E-state index contributed by atoms with van der Waals surface area (Å²) in [5.74, 6) is -0.0261. The number of rotatable bonds is 6. The van der Waals surface area contributed by atoms with Crippen molar-refractivity contribution in [2.45, 2.75) is 38.6 Å². The predicted octanol–water partition coefficient (Wildman–Crippen LogP) is 1.84. The highest BCUT2D eigenvalue weighted by Gasteiger charge is 2.24. The van der Waals surface area contributed by atoms with Crippen LogP contribution in [0.4, 0.5) is 5.69 Å². The lowest BCUT2D eigenvalue weighted by Crippen LogP contribution is -2.46. The second-order valence-electron chi connectivity index (χ2n) is 6.78. The van der Waals surface area contributed by atoms with Gasteiger partial charge < -0.3 is 19.9 Å². The number of nitrogens with one attached hydrogen (secondary N) is 1. The van der Waals surface area contributed by atoms with Crippen LogP contribution in [0.25, 0.3) is 0 Å². The number of carbonyl (C=O) groups excluding carboxylic acids is 3. The van der Waals surface area contributed by atoms with Crippen molar-refractivity contribution in [3.8, 4) is 0 Å². The van der Waals surface area contributed by atoms with Gasteiger partial charge in [0.25, 0.3) is 5.91 Å². The molecule has 0 atom stereocenters. The Bertz CT molecular complexity index is 617. The number of hydrogen-bond donors (Lipinski definition) is 1. The van der Waals surface area contributed by atoms with Gasteiger partial charge in [0.05, 0.1) is 0 Å². The fourth-order valence-electron chi connectivity index (χ4n) is 2.90. The number of ketones is 1. The van der Waals surface area contributed by atoms with Crippen LogP contribution in [0.3, 0.4) is 0 Å². The highest BCUT2D eigenvalue weighted by molar-refractivity contribution is 5.94. The Morgan fingerprint density at radius 3 is 2.20 bits per heavy atom. The van der Waals surface area contributed by atoms with Gasteiger partial charge in [0.1, 0.15) is 5.78 Å². The molecule has 1 N–H and O–H groups in total. The van der Waals surface area contributed by atoms with Crippen LogP contribution in [0.2, 0.25) is 0 Å². The van der Waals surface area contributed by atoms with Crippen molar-refractivity contribution in [1.29, 1.82) is 0 Å². The lowest BCUT2D eigenvalue weighted by Gasteiger charge is -2.32. The molecule has 0 spiro atoms. The molecule has 0 bridgehead atoms. The number of anilines is 1. The van der Waals surface area contributed by atoms with Crippen LogP contribution in [0.5, 0.6) is 0 Å². The maximum absolute atomic E-state index is 12.6. The molecule has 1 aromatic rings. The van der Waals surface area contributed by atoms with E-state index in [-0.39, 0.29) is 36.5 Å². The van der Waals surface area contributed by atoms with Gasteiger partial charge in [0, 0.05) is 57.3 Å². The zero-order valence-electron chi connectivity index (χ0n) is 15.2. The van der Waals surface area contributed by atoms with Gasteiger partial charge in [-0.2, -0.15) is 0 Å². The van der Waals surface area contributed by atoms with E-state index in [0.717, 1.165) is 18.5 Å². The summed E-state index contributed by atoms with van der Waals surface area (Å²) in [7, 11) is 3.93. The molecule has 0 saturated carbocycles. The SMILES string of the molecule is CC(=O)CCC(=O)NC1CCN(C(=O)c2ccc(N(C)C)cc2)CC1. The quantitative estimate of drug-likeness (QED) is 0.854. The third-order valence-corrected chi connectivity index (χ3v) is 4.48. The van der Waals surface area contributed by atoms with Crippen LogP contribution in [0.1, 0.15) is 43.0 Å². The Morgan fingerprint density at radius 2 is 1.68 bits per heavy atom. The summed E-state index contributed by atoms with van der Waals surface area (Å²) < 4.78 is 0. The van der Waals surface area contributed by atoms with E-state index in [0.29, 0.717) is 18.7 Å². The first-order valence-corrected chi connectivity index (χ1v) is 8.72. The smallest absolute Gasteiger partial charge is 0.253 e. The Morgan fingerprint density at radius 1 is 1.08 bits per heavy atom. The molecular formula is C19H27N3O3. The Balaban J connectivity index is 1.82. The van der Waals surface area contributed by atoms with Crippen molar-refractivity contribution in [2.75, 3.05) is 32.1 Å². The second-order valence-corrected chi connectivity index (χ2v) is 6.78. The van der Waals surface area contributed by atoms with Gasteiger partial charge in [-0.1, -0.05) is 0 Å². The molecule has 1 saturated heterocycles. The molecule has 1 aromatic carbocycles. The fourth-order valence-corrected chi connectivity index (χ4v) is 2.90. The van der Waals surface area contributed by atoms with Crippen molar-refractivity contribution in [3.63, 3.8) is 0 Å². The van der Waals surface area contributed by atoms with Crippen LogP contribution < -0.4 is 10.2 Å². The number of hydrogen-bond acceptors (Lipinski definition) is 4. The van der Waals surface area contributed by atoms with Gasteiger partial charge >= 0.3 is 0 Å². The first-order valence-electron chi connectivity index (χ1n) is 8.72. The van der Waals surface area contributed by atoms with E-state index in [1.807, 2.05) is 48.2 Å². The maximum atomic E-state index is 12.6. The number of Topliss-reactive ketones (excluding diaryl/α,β-unsaturated/α-hetero) is 1. The van der Waals surface area contributed by atoms with E-state index < -0.39 is 0 Å². The summed E-state index contributed by atoms with van der Waals surface area (Å²) in [4.78, 5) is 39.1. The van der Waals surface area contributed by atoms with E-state index >= 15 is 0 Å². The molecule has 136 valence electrons. The number of piperidine rings is 1. The van der Waals surface area contributed by atoms with Crippen LogP contribution in [-0.4, -0.2) is 55.7 Å². The van der Waals surface area contributed by atoms with Crippen LogP contribution >= 0.6 is 0 Å². The molecular weight excluding hydrogens is 318 g/mol. The fraction of sp³-hybridized carbons (Fsp3) is 0.526. The minimum Gasteiger partial charge on any atom is -0.378 e. The van der Waals surface area contributed by atoms with Gasteiger partial charge in [-0.3, -0.25) is 9.59 Å². The second kappa shape index (κ2) is 8.65. The Hall–Kier alpha value is -2.37. The monoisotopic (exact) mass is 345 g/mol. The first-order chi connectivity index (χ1) is 11.9. The predicted molar refractivity (Wildman–Crippen MR) is 97.8 cm³/mol. The Labute approximate surface area is 149 Å². The molecule has 6 nitrogen and oxygen atoms in total. The molecule has 0 unspecified atom stereocenters. The molecule has 1 aliphatic heterocycles. The molecule has 0 aromatic heterocycles. The lowest BCUT2D eigenvalue weighted by molar-refractivity contribution is -0.125.